The molecule has 6 nitrogen and oxygen atoms in total. The van der Waals surface area contributed by atoms with E-state index in [0.29, 0.717) is 18.7 Å². The predicted molar refractivity (Wildman–Crippen MR) is 113 cm³/mol. The summed E-state index contributed by atoms with van der Waals surface area (Å²) in [7, 11) is -2.30. The summed E-state index contributed by atoms with van der Waals surface area (Å²) in [5.41, 5.74) is 1.27. The topological polar surface area (TPSA) is 75.7 Å². The molecule has 7 heteroatoms. The molecule has 0 bridgehead atoms. The standard InChI is InChI=1S/C22H28N2O4S/c1-17(18-10-6-5-7-11-18)23-22(25)19-12-13-20(28-2)21(16-19)29(26,27)24-14-8-3-4-9-15-24/h5-7,10-13,16-17H,3-4,8-9,14-15H2,1-2H3,(H,23,25)/t17-/m0/s1. The lowest BCUT2D eigenvalue weighted by molar-refractivity contribution is 0.0939. The Kier molecular flexibility index (Phi) is 6.92. The molecule has 1 fully saturated rings. The van der Waals surface area contributed by atoms with E-state index in [0.717, 1.165) is 31.2 Å². The van der Waals surface area contributed by atoms with Crippen LogP contribution >= 0.6 is 0 Å². The Morgan fingerprint density at radius 1 is 1.03 bits per heavy atom. The molecule has 0 radical (unpaired) electrons. The highest BCUT2D eigenvalue weighted by Crippen LogP contribution is 2.29. The van der Waals surface area contributed by atoms with Crippen molar-refractivity contribution in [1.82, 2.24) is 9.62 Å². The highest BCUT2D eigenvalue weighted by Gasteiger charge is 2.29. The number of methoxy groups -OCH3 is 1. The molecule has 156 valence electrons. The van der Waals surface area contributed by atoms with Crippen molar-refractivity contribution in [3.63, 3.8) is 0 Å². The van der Waals surface area contributed by atoms with Crippen molar-refractivity contribution in [3.8, 4) is 5.75 Å². The van der Waals surface area contributed by atoms with Crippen LogP contribution < -0.4 is 10.1 Å². The van der Waals surface area contributed by atoms with E-state index in [4.69, 9.17) is 4.74 Å². The number of ether oxygens (including phenoxy) is 1. The molecule has 2 aromatic carbocycles. The third kappa shape index (κ3) is 4.97. The van der Waals surface area contributed by atoms with E-state index < -0.39 is 10.0 Å². The van der Waals surface area contributed by atoms with Gasteiger partial charge in [-0.15, -0.1) is 0 Å². The molecule has 2 aromatic rings. The van der Waals surface area contributed by atoms with E-state index >= 15 is 0 Å². The van der Waals surface area contributed by atoms with Crippen LogP contribution in [-0.2, 0) is 10.0 Å². The summed E-state index contributed by atoms with van der Waals surface area (Å²) in [4.78, 5) is 12.8. The molecule has 1 aliphatic heterocycles. The smallest absolute Gasteiger partial charge is 0.251 e. The molecule has 1 saturated heterocycles. The average Bonchev–Trinajstić information content (AvgIpc) is 3.04. The minimum Gasteiger partial charge on any atom is -0.495 e. The Labute approximate surface area is 172 Å². The fraction of sp³-hybridized carbons (Fsp3) is 0.409. The minimum atomic E-state index is -3.74. The first-order valence-electron chi connectivity index (χ1n) is 9.97. The molecule has 1 aliphatic rings. The van der Waals surface area contributed by atoms with Crippen LogP contribution in [0.4, 0.5) is 0 Å². The van der Waals surface area contributed by atoms with Crippen LogP contribution in [0.1, 0.15) is 54.6 Å². The Bertz CT molecular complexity index is 937. The van der Waals surface area contributed by atoms with Crippen LogP contribution in [0, 0.1) is 0 Å². The monoisotopic (exact) mass is 416 g/mol. The molecule has 0 aliphatic carbocycles. The van der Waals surface area contributed by atoms with Gasteiger partial charge in [-0.2, -0.15) is 4.31 Å². The zero-order valence-corrected chi connectivity index (χ0v) is 17.7. The van der Waals surface area contributed by atoms with Crippen molar-refractivity contribution in [1.29, 1.82) is 0 Å². The second kappa shape index (κ2) is 9.41. The van der Waals surface area contributed by atoms with Gasteiger partial charge in [0.2, 0.25) is 10.0 Å². The number of carbonyl (C=O) groups excluding carboxylic acids is 1. The lowest BCUT2D eigenvalue weighted by Crippen LogP contribution is -2.32. The summed E-state index contributed by atoms with van der Waals surface area (Å²) in [6.07, 6.45) is 3.75. The van der Waals surface area contributed by atoms with E-state index in [-0.39, 0.29) is 22.6 Å². The largest absolute Gasteiger partial charge is 0.495 e. The lowest BCUT2D eigenvalue weighted by Gasteiger charge is -2.22. The fourth-order valence-electron chi connectivity index (χ4n) is 3.55. The Balaban J connectivity index is 1.87. The summed E-state index contributed by atoms with van der Waals surface area (Å²) < 4.78 is 33.3. The van der Waals surface area contributed by atoms with E-state index in [1.165, 1.54) is 17.5 Å². The van der Waals surface area contributed by atoms with E-state index in [1.54, 1.807) is 12.1 Å². The molecule has 1 atom stereocenters. The minimum absolute atomic E-state index is 0.0434. The Morgan fingerprint density at radius 3 is 2.31 bits per heavy atom. The van der Waals surface area contributed by atoms with Crippen molar-refractivity contribution in [3.05, 3.63) is 59.7 Å². The quantitative estimate of drug-likeness (QED) is 0.778. The first-order chi connectivity index (χ1) is 13.9. The average molecular weight is 417 g/mol. The SMILES string of the molecule is COc1ccc(C(=O)N[C@@H](C)c2ccccc2)cc1S(=O)(=O)N1CCCCCC1. The highest BCUT2D eigenvalue weighted by molar-refractivity contribution is 7.89. The van der Waals surface area contributed by atoms with Crippen molar-refractivity contribution in [2.75, 3.05) is 20.2 Å². The second-order valence-electron chi connectivity index (χ2n) is 7.29. The number of carbonyl (C=O) groups is 1. The van der Waals surface area contributed by atoms with Crippen LogP contribution in [-0.4, -0.2) is 38.8 Å². The first kappa shape index (κ1) is 21.3. The number of nitrogens with zero attached hydrogens (tertiary/aromatic N) is 1. The summed E-state index contributed by atoms with van der Waals surface area (Å²) in [6.45, 7) is 2.88. The molecule has 0 saturated carbocycles. The van der Waals surface area contributed by atoms with Crippen molar-refractivity contribution in [2.45, 2.75) is 43.5 Å². The molecule has 1 heterocycles. The number of hydrogen-bond acceptors (Lipinski definition) is 4. The number of rotatable bonds is 6. The number of hydrogen-bond donors (Lipinski definition) is 1. The number of amides is 1. The van der Waals surface area contributed by atoms with Gasteiger partial charge in [0.25, 0.3) is 5.91 Å². The van der Waals surface area contributed by atoms with Gasteiger partial charge in [0.1, 0.15) is 10.6 Å². The third-order valence-electron chi connectivity index (χ3n) is 5.26. The van der Waals surface area contributed by atoms with Gasteiger partial charge >= 0.3 is 0 Å². The van der Waals surface area contributed by atoms with Crippen molar-refractivity contribution >= 4 is 15.9 Å². The number of benzene rings is 2. The zero-order chi connectivity index (χ0) is 20.9. The molecule has 0 spiro atoms. The van der Waals surface area contributed by atoms with Crippen LogP contribution in [0.2, 0.25) is 0 Å². The predicted octanol–water partition coefficient (Wildman–Crippen LogP) is 3.75. The summed E-state index contributed by atoms with van der Waals surface area (Å²) in [5, 5.41) is 2.93. The first-order valence-corrected chi connectivity index (χ1v) is 11.4. The molecule has 0 unspecified atom stereocenters. The highest BCUT2D eigenvalue weighted by atomic mass is 32.2. The Morgan fingerprint density at radius 2 is 1.69 bits per heavy atom. The third-order valence-corrected chi connectivity index (χ3v) is 7.18. The van der Waals surface area contributed by atoms with Gasteiger partial charge in [0, 0.05) is 18.7 Å². The van der Waals surface area contributed by atoms with Crippen molar-refractivity contribution < 1.29 is 17.9 Å². The molecule has 1 amide bonds. The maximum absolute atomic E-state index is 13.3. The van der Waals surface area contributed by atoms with E-state index in [2.05, 4.69) is 5.32 Å². The molecule has 3 rings (SSSR count). The lowest BCUT2D eigenvalue weighted by atomic mass is 10.1. The molecular weight excluding hydrogens is 388 g/mol. The van der Waals surface area contributed by atoms with Crippen LogP contribution in [0.25, 0.3) is 0 Å². The van der Waals surface area contributed by atoms with Gasteiger partial charge in [-0.1, -0.05) is 43.2 Å². The molecular formula is C22H28N2O4S. The van der Waals surface area contributed by atoms with Gasteiger partial charge in [0.15, 0.2) is 0 Å². The van der Waals surface area contributed by atoms with Gasteiger partial charge in [-0.05, 0) is 43.5 Å². The van der Waals surface area contributed by atoms with Crippen molar-refractivity contribution in [2.24, 2.45) is 0 Å². The normalized spacial score (nSPS) is 16.6. The molecule has 0 aromatic heterocycles. The summed E-state index contributed by atoms with van der Waals surface area (Å²) >= 11 is 0. The summed E-state index contributed by atoms with van der Waals surface area (Å²) in [6, 6.07) is 14.0. The van der Waals surface area contributed by atoms with Gasteiger partial charge in [-0.25, -0.2) is 8.42 Å². The molecule has 29 heavy (non-hydrogen) atoms. The number of sulfonamides is 1. The fourth-order valence-corrected chi connectivity index (χ4v) is 5.24. The van der Waals surface area contributed by atoms with Gasteiger partial charge < -0.3 is 10.1 Å². The van der Waals surface area contributed by atoms with E-state index in [9.17, 15) is 13.2 Å². The second-order valence-corrected chi connectivity index (χ2v) is 9.20. The number of nitrogens with one attached hydrogen (secondary N) is 1. The van der Waals surface area contributed by atoms with Crippen LogP contribution in [0.15, 0.2) is 53.4 Å². The zero-order valence-electron chi connectivity index (χ0n) is 16.9. The molecule has 1 N–H and O–H groups in total. The van der Waals surface area contributed by atoms with E-state index in [1.807, 2.05) is 37.3 Å². The maximum atomic E-state index is 13.3. The maximum Gasteiger partial charge on any atom is 0.251 e. The van der Waals surface area contributed by atoms with Crippen LogP contribution in [0.5, 0.6) is 5.75 Å². The summed E-state index contributed by atoms with van der Waals surface area (Å²) in [5.74, 6) is -0.0711. The van der Waals surface area contributed by atoms with Gasteiger partial charge in [-0.3, -0.25) is 4.79 Å². The van der Waals surface area contributed by atoms with Crippen LogP contribution in [0.3, 0.4) is 0 Å². The Hall–Kier alpha value is -2.38. The van der Waals surface area contributed by atoms with Gasteiger partial charge in [0.05, 0.1) is 13.2 Å².